The zero-order valence-electron chi connectivity index (χ0n) is 19.0. The number of alkyl halides is 2. The third-order valence-corrected chi connectivity index (χ3v) is 6.47. The van der Waals surface area contributed by atoms with Crippen LogP contribution in [0.5, 0.6) is 0 Å². The molecule has 2 N–H and O–H groups in total. The molecule has 5 heterocycles. The van der Waals surface area contributed by atoms with Gasteiger partial charge in [0.15, 0.2) is 17.5 Å². The Morgan fingerprint density at radius 3 is 2.60 bits per heavy atom. The maximum Gasteiger partial charge on any atom is 0.282 e. The van der Waals surface area contributed by atoms with Gasteiger partial charge in [-0.15, -0.1) is 0 Å². The van der Waals surface area contributed by atoms with Crippen molar-refractivity contribution in [1.82, 2.24) is 29.8 Å². The van der Waals surface area contributed by atoms with Crippen LogP contribution in [0.25, 0.3) is 0 Å². The summed E-state index contributed by atoms with van der Waals surface area (Å²) in [5.41, 5.74) is 0.0387. The highest BCUT2D eigenvalue weighted by molar-refractivity contribution is 5.56. The lowest BCUT2D eigenvalue weighted by Gasteiger charge is -2.38. The molecule has 0 aromatic carbocycles. The number of hydrogen-bond acceptors (Lipinski definition) is 7. The standard InChI is InChI=1S/C22H23F5N8/c1-11-16(23)18(25)33-20(17(11)24)31-15-7-14(30-21(32-15)35-9-22(26,27)10-35)13-3-6-34(8-13)12(2)19-28-4-5-29-19/h4-5,7,12-13H,3,6,8-10H2,1-2H3,(H,28,29)(H,30,31,32,33). The van der Waals surface area contributed by atoms with Crippen LogP contribution in [0.4, 0.5) is 39.5 Å². The van der Waals surface area contributed by atoms with E-state index in [9.17, 15) is 22.0 Å². The number of pyridine rings is 1. The topological polar surface area (TPSA) is 85.9 Å². The van der Waals surface area contributed by atoms with Gasteiger partial charge in [-0.25, -0.2) is 27.5 Å². The second-order valence-corrected chi connectivity index (χ2v) is 8.95. The van der Waals surface area contributed by atoms with E-state index in [4.69, 9.17) is 0 Å². The van der Waals surface area contributed by atoms with E-state index in [1.165, 1.54) is 4.90 Å². The fourth-order valence-electron chi connectivity index (χ4n) is 4.41. The van der Waals surface area contributed by atoms with Crippen LogP contribution < -0.4 is 10.2 Å². The van der Waals surface area contributed by atoms with Crippen LogP contribution in [-0.2, 0) is 0 Å². The summed E-state index contributed by atoms with van der Waals surface area (Å²) >= 11 is 0. The molecule has 186 valence electrons. The van der Waals surface area contributed by atoms with Crippen molar-refractivity contribution in [3.63, 3.8) is 0 Å². The summed E-state index contributed by atoms with van der Waals surface area (Å²) in [6.45, 7) is 3.42. The largest absolute Gasteiger partial charge is 0.347 e. The Labute approximate surface area is 197 Å². The first-order valence-corrected chi connectivity index (χ1v) is 11.1. The van der Waals surface area contributed by atoms with Gasteiger partial charge in [-0.05, 0) is 26.8 Å². The molecule has 2 fully saturated rings. The van der Waals surface area contributed by atoms with Crippen molar-refractivity contribution in [3.05, 3.63) is 53.1 Å². The molecule has 2 atom stereocenters. The Hall–Kier alpha value is -3.35. The molecule has 2 saturated heterocycles. The van der Waals surface area contributed by atoms with E-state index in [1.807, 2.05) is 6.92 Å². The molecular formula is C22H23F5N8. The fraction of sp³-hybridized carbons (Fsp3) is 0.455. The molecule has 13 heteroatoms. The lowest BCUT2D eigenvalue weighted by atomic mass is 10.0. The number of aromatic amines is 1. The second-order valence-electron chi connectivity index (χ2n) is 8.95. The monoisotopic (exact) mass is 494 g/mol. The number of rotatable bonds is 6. The average Bonchev–Trinajstić information content (AvgIpc) is 3.51. The molecule has 0 aliphatic carbocycles. The third-order valence-electron chi connectivity index (χ3n) is 6.47. The summed E-state index contributed by atoms with van der Waals surface area (Å²) in [5.74, 6) is -6.43. The number of nitrogens with one attached hydrogen (secondary N) is 2. The van der Waals surface area contributed by atoms with Gasteiger partial charge in [0.1, 0.15) is 11.6 Å². The molecule has 2 unspecified atom stereocenters. The van der Waals surface area contributed by atoms with Crippen LogP contribution in [0.1, 0.15) is 42.4 Å². The van der Waals surface area contributed by atoms with Gasteiger partial charge in [-0.3, -0.25) is 4.90 Å². The molecule has 2 aliphatic heterocycles. The molecule has 0 bridgehead atoms. The van der Waals surface area contributed by atoms with Crippen LogP contribution in [-0.4, -0.2) is 61.9 Å². The first-order chi connectivity index (χ1) is 16.6. The van der Waals surface area contributed by atoms with E-state index in [-0.39, 0.29) is 23.7 Å². The van der Waals surface area contributed by atoms with Crippen molar-refractivity contribution in [3.8, 4) is 0 Å². The Morgan fingerprint density at radius 1 is 1.14 bits per heavy atom. The number of imidazole rings is 1. The highest BCUT2D eigenvalue weighted by atomic mass is 19.3. The van der Waals surface area contributed by atoms with Gasteiger partial charge in [0.05, 0.1) is 24.8 Å². The minimum absolute atomic E-state index is 0.0337. The van der Waals surface area contributed by atoms with Gasteiger partial charge in [-0.2, -0.15) is 14.4 Å². The summed E-state index contributed by atoms with van der Waals surface area (Å²) < 4.78 is 69.0. The highest BCUT2D eigenvalue weighted by Crippen LogP contribution is 2.35. The third kappa shape index (κ3) is 4.51. The van der Waals surface area contributed by atoms with Gasteiger partial charge < -0.3 is 15.2 Å². The van der Waals surface area contributed by atoms with Crippen molar-refractivity contribution >= 4 is 17.6 Å². The minimum atomic E-state index is -2.85. The van der Waals surface area contributed by atoms with Gasteiger partial charge in [0.2, 0.25) is 5.95 Å². The molecule has 0 amide bonds. The van der Waals surface area contributed by atoms with Gasteiger partial charge in [0, 0.05) is 36.5 Å². The summed E-state index contributed by atoms with van der Waals surface area (Å²) in [4.78, 5) is 23.0. The molecule has 3 aromatic rings. The van der Waals surface area contributed by atoms with Crippen LogP contribution in [0.3, 0.4) is 0 Å². The second kappa shape index (κ2) is 8.70. The predicted molar refractivity (Wildman–Crippen MR) is 117 cm³/mol. The molecule has 0 saturated carbocycles. The molecule has 0 radical (unpaired) electrons. The number of anilines is 3. The predicted octanol–water partition coefficient (Wildman–Crippen LogP) is 4.07. The summed E-state index contributed by atoms with van der Waals surface area (Å²) in [6, 6.07) is 1.59. The number of nitrogens with zero attached hydrogens (tertiary/aromatic N) is 6. The Kier molecular flexibility index (Phi) is 5.82. The number of halogens is 5. The molecule has 5 rings (SSSR count). The van der Waals surface area contributed by atoms with Crippen molar-refractivity contribution in [2.75, 3.05) is 36.4 Å². The van der Waals surface area contributed by atoms with Crippen LogP contribution in [0.2, 0.25) is 0 Å². The zero-order chi connectivity index (χ0) is 24.9. The number of hydrogen-bond donors (Lipinski definition) is 2. The Morgan fingerprint density at radius 2 is 1.91 bits per heavy atom. The van der Waals surface area contributed by atoms with Crippen LogP contribution in [0.15, 0.2) is 18.5 Å². The lowest BCUT2D eigenvalue weighted by Crippen LogP contribution is -2.57. The molecular weight excluding hydrogens is 471 g/mol. The van der Waals surface area contributed by atoms with Gasteiger partial charge in [-0.1, -0.05) is 0 Å². The SMILES string of the molecule is Cc1c(F)c(F)nc(Nc2cc(C3CCN(C(C)c4ncc[nH]4)C3)nc(N3CC(F)(F)C3)n2)c1F. The number of H-pyrrole nitrogens is 1. The first-order valence-electron chi connectivity index (χ1n) is 11.1. The molecule has 8 nitrogen and oxygen atoms in total. The summed E-state index contributed by atoms with van der Waals surface area (Å²) in [6.07, 6.45) is 4.18. The van der Waals surface area contributed by atoms with Crippen LogP contribution in [0, 0.1) is 24.5 Å². The quantitative estimate of drug-likeness (QED) is 0.395. The summed E-state index contributed by atoms with van der Waals surface area (Å²) in [7, 11) is 0. The average molecular weight is 494 g/mol. The lowest BCUT2D eigenvalue weighted by molar-refractivity contribution is -0.0271. The smallest absolute Gasteiger partial charge is 0.282 e. The number of likely N-dealkylation sites (tertiary alicyclic amines) is 1. The van der Waals surface area contributed by atoms with Crippen molar-refractivity contribution in [1.29, 1.82) is 0 Å². The van der Waals surface area contributed by atoms with Gasteiger partial charge >= 0.3 is 0 Å². The molecule has 3 aromatic heterocycles. The fourth-order valence-corrected chi connectivity index (χ4v) is 4.41. The normalized spacial score (nSPS) is 20.7. The first kappa shape index (κ1) is 23.4. The van der Waals surface area contributed by atoms with E-state index in [1.54, 1.807) is 18.5 Å². The number of aromatic nitrogens is 5. The maximum absolute atomic E-state index is 14.5. The Bertz CT molecular complexity index is 1230. The highest BCUT2D eigenvalue weighted by Gasteiger charge is 2.45. The molecule has 2 aliphatic rings. The van der Waals surface area contributed by atoms with E-state index in [2.05, 4.69) is 35.1 Å². The van der Waals surface area contributed by atoms with Crippen molar-refractivity contribution < 1.29 is 22.0 Å². The van der Waals surface area contributed by atoms with E-state index in [0.717, 1.165) is 25.7 Å². The molecule has 35 heavy (non-hydrogen) atoms. The van der Waals surface area contributed by atoms with Crippen LogP contribution >= 0.6 is 0 Å². The van der Waals surface area contributed by atoms with Crippen molar-refractivity contribution in [2.24, 2.45) is 0 Å². The summed E-state index contributed by atoms with van der Waals surface area (Å²) in [5, 5.41) is 2.58. The van der Waals surface area contributed by atoms with Gasteiger partial charge in [0.25, 0.3) is 11.9 Å². The Balaban J connectivity index is 1.44. The maximum atomic E-state index is 14.5. The van der Waals surface area contributed by atoms with Crippen molar-refractivity contribution in [2.45, 2.75) is 38.2 Å². The minimum Gasteiger partial charge on any atom is -0.347 e. The molecule has 0 spiro atoms. The van der Waals surface area contributed by atoms with E-state index >= 15 is 0 Å². The van der Waals surface area contributed by atoms with E-state index in [0.29, 0.717) is 12.2 Å². The van der Waals surface area contributed by atoms with E-state index < -0.39 is 48.0 Å². The zero-order valence-corrected chi connectivity index (χ0v) is 19.0.